The molecule has 1 unspecified atom stereocenters. The zero-order chi connectivity index (χ0) is 21.6. The Bertz CT molecular complexity index is 1080. The lowest BCUT2D eigenvalue weighted by Crippen LogP contribution is -2.39. The van der Waals surface area contributed by atoms with Gasteiger partial charge >= 0.3 is 0 Å². The van der Waals surface area contributed by atoms with Gasteiger partial charge in [0.2, 0.25) is 0 Å². The molecule has 0 bridgehead atoms. The molecule has 168 valence electrons. The molecule has 1 atom stereocenters. The average Bonchev–Trinajstić information content (AvgIpc) is 3.14. The third-order valence-corrected chi connectivity index (χ3v) is 6.53. The summed E-state index contributed by atoms with van der Waals surface area (Å²) in [4.78, 5) is 5.48. The van der Waals surface area contributed by atoms with Crippen LogP contribution in [-0.2, 0) is 22.1 Å². The van der Waals surface area contributed by atoms with Gasteiger partial charge in [-0.2, -0.15) is 0 Å². The normalized spacial score (nSPS) is 12.9. The van der Waals surface area contributed by atoms with E-state index in [0.29, 0.717) is 25.6 Å². The zero-order valence-corrected chi connectivity index (χ0v) is 21.5. The highest BCUT2D eigenvalue weighted by atomic mass is 127. The van der Waals surface area contributed by atoms with E-state index in [1.165, 1.54) is 6.26 Å². The first-order chi connectivity index (χ1) is 14.3. The number of sulfone groups is 1. The molecule has 1 aromatic heterocycles. The van der Waals surface area contributed by atoms with Crippen molar-refractivity contribution in [2.75, 3.05) is 19.3 Å². The summed E-state index contributed by atoms with van der Waals surface area (Å²) in [5.41, 5.74) is 1.75. The molecule has 9 heteroatoms. The summed E-state index contributed by atoms with van der Waals surface area (Å²) in [5.74, 6) is 0.661. The summed E-state index contributed by atoms with van der Waals surface area (Å²) >= 11 is 1.59. The van der Waals surface area contributed by atoms with Gasteiger partial charge < -0.3 is 15.7 Å². The Kier molecular flexibility index (Phi) is 9.73. The van der Waals surface area contributed by atoms with E-state index in [9.17, 15) is 13.5 Å². The number of nitrogens with zero attached hydrogens (tertiary/aromatic N) is 1. The van der Waals surface area contributed by atoms with E-state index in [1.54, 1.807) is 11.3 Å². The van der Waals surface area contributed by atoms with Crippen LogP contribution >= 0.6 is 35.3 Å². The van der Waals surface area contributed by atoms with Crippen molar-refractivity contribution in [2.45, 2.75) is 25.3 Å². The molecule has 0 amide bonds. The highest BCUT2D eigenvalue weighted by Crippen LogP contribution is 2.29. The van der Waals surface area contributed by atoms with Gasteiger partial charge in [-0.3, -0.25) is 0 Å². The maximum absolute atomic E-state index is 11.4. The third kappa shape index (κ3) is 8.06. The molecule has 3 aromatic rings. The van der Waals surface area contributed by atoms with Crippen LogP contribution in [0.4, 0.5) is 0 Å². The first-order valence-electron chi connectivity index (χ1n) is 9.78. The number of aliphatic hydroxyl groups excluding tert-OH is 1. The van der Waals surface area contributed by atoms with Gasteiger partial charge in [-0.05, 0) is 35.6 Å². The summed E-state index contributed by atoms with van der Waals surface area (Å²) in [7, 11) is -3.04. The monoisotopic (exact) mass is 573 g/mol. The van der Waals surface area contributed by atoms with E-state index >= 15 is 0 Å². The van der Waals surface area contributed by atoms with Gasteiger partial charge in [0.25, 0.3) is 0 Å². The van der Waals surface area contributed by atoms with Gasteiger partial charge in [-0.25, -0.2) is 13.4 Å². The largest absolute Gasteiger partial charge is 0.386 e. The third-order valence-electron chi connectivity index (χ3n) is 4.45. The SMILES string of the molecule is CCNC(=NCc1ccc(CS(C)(=O)=O)cc1)NCC(O)c1cc2ccccc2s1.I. The van der Waals surface area contributed by atoms with E-state index in [0.717, 1.165) is 26.1 Å². The van der Waals surface area contributed by atoms with Crippen molar-refractivity contribution in [2.24, 2.45) is 4.99 Å². The van der Waals surface area contributed by atoms with Gasteiger partial charge in [-0.15, -0.1) is 35.3 Å². The summed E-state index contributed by atoms with van der Waals surface area (Å²) in [5, 5.41) is 18.1. The molecule has 2 aromatic carbocycles. The van der Waals surface area contributed by atoms with Crippen LogP contribution in [0.3, 0.4) is 0 Å². The molecule has 0 aliphatic carbocycles. The van der Waals surface area contributed by atoms with Crippen molar-refractivity contribution in [3.8, 4) is 0 Å². The zero-order valence-electron chi connectivity index (χ0n) is 17.5. The van der Waals surface area contributed by atoms with E-state index in [4.69, 9.17) is 0 Å². The number of rotatable bonds is 8. The fourth-order valence-electron chi connectivity index (χ4n) is 3.02. The second-order valence-corrected chi connectivity index (χ2v) is 10.4. The van der Waals surface area contributed by atoms with Crippen LogP contribution in [-0.4, -0.2) is 38.8 Å². The van der Waals surface area contributed by atoms with Crippen LogP contribution in [0, 0.1) is 0 Å². The summed E-state index contributed by atoms with van der Waals surface area (Å²) < 4.78 is 23.9. The number of hydrogen-bond acceptors (Lipinski definition) is 5. The highest BCUT2D eigenvalue weighted by Gasteiger charge is 2.12. The second kappa shape index (κ2) is 11.8. The number of hydrogen-bond donors (Lipinski definition) is 3. The molecule has 0 saturated carbocycles. The molecular formula is C22H28IN3O3S2. The van der Waals surface area contributed by atoms with Crippen molar-refractivity contribution >= 4 is 61.2 Å². The van der Waals surface area contributed by atoms with Gasteiger partial charge in [0.1, 0.15) is 6.10 Å². The Labute approximate surface area is 204 Å². The molecule has 31 heavy (non-hydrogen) atoms. The van der Waals surface area contributed by atoms with E-state index in [1.807, 2.05) is 55.5 Å². The van der Waals surface area contributed by atoms with Gasteiger partial charge in [0, 0.05) is 28.9 Å². The molecule has 0 spiro atoms. The van der Waals surface area contributed by atoms with Crippen LogP contribution in [0.2, 0.25) is 0 Å². The topological polar surface area (TPSA) is 90.8 Å². The number of nitrogens with one attached hydrogen (secondary N) is 2. The van der Waals surface area contributed by atoms with Crippen LogP contribution in [0.5, 0.6) is 0 Å². The summed E-state index contributed by atoms with van der Waals surface area (Å²) in [6, 6.07) is 17.5. The molecule has 0 aliphatic heterocycles. The first kappa shape index (κ1) is 25.6. The van der Waals surface area contributed by atoms with Crippen LogP contribution in [0.1, 0.15) is 29.0 Å². The summed E-state index contributed by atoms with van der Waals surface area (Å²) in [6.45, 7) is 3.50. The van der Waals surface area contributed by atoms with Gasteiger partial charge in [0.05, 0.1) is 12.3 Å². The average molecular weight is 574 g/mol. The number of thiophene rings is 1. The number of benzene rings is 2. The molecular weight excluding hydrogens is 545 g/mol. The Morgan fingerprint density at radius 3 is 2.42 bits per heavy atom. The van der Waals surface area contributed by atoms with Crippen molar-refractivity contribution in [3.05, 3.63) is 70.6 Å². The second-order valence-electron chi connectivity index (χ2n) is 7.17. The molecule has 0 radical (unpaired) electrons. The number of aliphatic hydroxyl groups is 1. The fraction of sp³-hybridized carbons (Fsp3) is 0.318. The maximum Gasteiger partial charge on any atom is 0.191 e. The minimum Gasteiger partial charge on any atom is -0.386 e. The lowest BCUT2D eigenvalue weighted by molar-refractivity contribution is 0.184. The predicted octanol–water partition coefficient (Wildman–Crippen LogP) is 3.85. The molecule has 0 aliphatic rings. The predicted molar refractivity (Wildman–Crippen MR) is 140 cm³/mol. The lowest BCUT2D eigenvalue weighted by Gasteiger charge is -2.14. The molecule has 3 rings (SSSR count). The van der Waals surface area contributed by atoms with E-state index in [2.05, 4.69) is 21.7 Å². The Balaban J connectivity index is 0.00000341. The highest BCUT2D eigenvalue weighted by molar-refractivity contribution is 14.0. The standard InChI is InChI=1S/C22H27N3O3S2.HI/c1-3-23-22(24-13-16-8-10-17(11-9-16)15-30(2,27)28)25-14-19(26)21-12-18-6-4-5-7-20(18)29-21;/h4-12,19,26H,3,13-15H2,1-2H3,(H2,23,24,25);1H. The Hall–Kier alpha value is -1.69. The molecule has 6 nitrogen and oxygen atoms in total. The van der Waals surface area contributed by atoms with Gasteiger partial charge in [-0.1, -0.05) is 42.5 Å². The van der Waals surface area contributed by atoms with E-state index in [-0.39, 0.29) is 29.7 Å². The van der Waals surface area contributed by atoms with Crippen molar-refractivity contribution in [3.63, 3.8) is 0 Å². The Morgan fingerprint density at radius 1 is 1.10 bits per heavy atom. The number of aliphatic imine (C=N–C) groups is 1. The number of halogens is 1. The lowest BCUT2D eigenvalue weighted by atomic mass is 10.1. The molecule has 1 heterocycles. The first-order valence-corrected chi connectivity index (χ1v) is 12.7. The van der Waals surface area contributed by atoms with Crippen LogP contribution < -0.4 is 10.6 Å². The Morgan fingerprint density at radius 2 is 1.77 bits per heavy atom. The van der Waals surface area contributed by atoms with E-state index < -0.39 is 15.9 Å². The molecule has 3 N–H and O–H groups in total. The molecule has 0 fully saturated rings. The van der Waals surface area contributed by atoms with Crippen molar-refractivity contribution < 1.29 is 13.5 Å². The van der Waals surface area contributed by atoms with Crippen LogP contribution in [0.25, 0.3) is 10.1 Å². The van der Waals surface area contributed by atoms with Crippen molar-refractivity contribution in [1.82, 2.24) is 10.6 Å². The molecule has 0 saturated heterocycles. The number of guanidine groups is 1. The minimum atomic E-state index is -3.04. The van der Waals surface area contributed by atoms with Crippen LogP contribution in [0.15, 0.2) is 59.6 Å². The fourth-order valence-corrected chi connectivity index (χ4v) is 4.86. The van der Waals surface area contributed by atoms with Gasteiger partial charge in [0.15, 0.2) is 15.8 Å². The maximum atomic E-state index is 11.4. The smallest absolute Gasteiger partial charge is 0.191 e. The number of fused-ring (bicyclic) bond motifs is 1. The minimum absolute atomic E-state index is 0. The summed E-state index contributed by atoms with van der Waals surface area (Å²) in [6.07, 6.45) is 0.605. The quantitative estimate of drug-likeness (QED) is 0.217. The van der Waals surface area contributed by atoms with Crippen molar-refractivity contribution in [1.29, 1.82) is 0 Å².